The van der Waals surface area contributed by atoms with Crippen LogP contribution in [0.2, 0.25) is 5.02 Å². The molecule has 2 fully saturated rings. The second-order valence-electron chi connectivity index (χ2n) is 7.38. The molecule has 0 aromatic heterocycles. The lowest BCUT2D eigenvalue weighted by atomic mass is 10.1. The number of benzene rings is 1. The molecule has 152 valence electrons. The highest BCUT2D eigenvalue weighted by Crippen LogP contribution is 2.25. The molecule has 27 heavy (non-hydrogen) atoms. The van der Waals surface area contributed by atoms with Crippen LogP contribution in [-0.2, 0) is 0 Å². The highest BCUT2D eigenvalue weighted by Gasteiger charge is 2.24. The predicted octanol–water partition coefficient (Wildman–Crippen LogP) is 3.31. The number of nitrogens with one attached hydrogen (secondary N) is 1. The van der Waals surface area contributed by atoms with Gasteiger partial charge >= 0.3 is 0 Å². The molecule has 2 heterocycles. The average molecular weight is 506 g/mol. The Bertz CT molecular complexity index is 631. The Morgan fingerprint density at radius 3 is 2.59 bits per heavy atom. The predicted molar refractivity (Wildman–Crippen MR) is 127 cm³/mol. The van der Waals surface area contributed by atoms with Crippen molar-refractivity contribution in [3.05, 3.63) is 28.8 Å². The fourth-order valence-corrected chi connectivity index (χ4v) is 4.18. The van der Waals surface area contributed by atoms with Gasteiger partial charge in [-0.2, -0.15) is 0 Å². The summed E-state index contributed by atoms with van der Waals surface area (Å²) in [7, 11) is 1.89. The Balaban J connectivity index is 0.00000261. The van der Waals surface area contributed by atoms with Crippen molar-refractivity contribution < 1.29 is 0 Å². The molecule has 1 aromatic carbocycles. The molecule has 1 aromatic rings. The molecule has 7 heteroatoms. The van der Waals surface area contributed by atoms with Crippen LogP contribution in [0.25, 0.3) is 0 Å². The first kappa shape index (κ1) is 22.6. The summed E-state index contributed by atoms with van der Waals surface area (Å²) in [6.07, 6.45) is 1.29. The number of nitrogens with zero attached hydrogens (tertiary/aromatic N) is 4. The zero-order valence-corrected chi connectivity index (χ0v) is 19.8. The minimum Gasteiger partial charge on any atom is -0.368 e. The first-order valence-electron chi connectivity index (χ1n) is 9.79. The van der Waals surface area contributed by atoms with E-state index in [1.807, 2.05) is 13.1 Å². The van der Waals surface area contributed by atoms with Gasteiger partial charge in [-0.15, -0.1) is 24.0 Å². The fraction of sp³-hybridized carbons (Fsp3) is 0.650. The Morgan fingerprint density at radius 1 is 1.22 bits per heavy atom. The van der Waals surface area contributed by atoms with Gasteiger partial charge in [0.2, 0.25) is 0 Å². The third kappa shape index (κ3) is 5.87. The summed E-state index contributed by atoms with van der Waals surface area (Å²) >= 11 is 6.19. The zero-order valence-electron chi connectivity index (χ0n) is 16.7. The van der Waals surface area contributed by atoms with Gasteiger partial charge in [0, 0.05) is 57.0 Å². The summed E-state index contributed by atoms with van der Waals surface area (Å²) in [6.45, 7) is 13.0. The van der Waals surface area contributed by atoms with E-state index in [2.05, 4.69) is 51.0 Å². The number of halogens is 2. The van der Waals surface area contributed by atoms with E-state index in [0.717, 1.165) is 56.2 Å². The average Bonchev–Trinajstić information content (AvgIpc) is 3.13. The van der Waals surface area contributed by atoms with Crippen molar-refractivity contribution >= 4 is 47.2 Å². The number of hydrogen-bond acceptors (Lipinski definition) is 3. The fourth-order valence-electron chi connectivity index (χ4n) is 4.02. The molecular formula is C20H33ClIN5. The highest BCUT2D eigenvalue weighted by atomic mass is 127. The highest BCUT2D eigenvalue weighted by molar-refractivity contribution is 14.0. The van der Waals surface area contributed by atoms with Gasteiger partial charge in [-0.3, -0.25) is 4.99 Å². The van der Waals surface area contributed by atoms with Crippen molar-refractivity contribution in [2.24, 2.45) is 10.9 Å². The molecule has 2 aliphatic heterocycles. The summed E-state index contributed by atoms with van der Waals surface area (Å²) in [6, 6.07) is 6.15. The molecule has 0 spiro atoms. The third-order valence-electron chi connectivity index (χ3n) is 5.67. The molecule has 2 aliphatic rings. The van der Waals surface area contributed by atoms with Crippen molar-refractivity contribution in [3.63, 3.8) is 0 Å². The van der Waals surface area contributed by atoms with Crippen LogP contribution in [0.5, 0.6) is 0 Å². The van der Waals surface area contributed by atoms with Crippen LogP contribution in [0.1, 0.15) is 18.9 Å². The van der Waals surface area contributed by atoms with E-state index < -0.39 is 0 Å². The van der Waals surface area contributed by atoms with E-state index in [4.69, 9.17) is 11.6 Å². The van der Waals surface area contributed by atoms with Gasteiger partial charge in [-0.25, -0.2) is 0 Å². The van der Waals surface area contributed by atoms with Gasteiger partial charge < -0.3 is 20.0 Å². The molecular weight excluding hydrogens is 473 g/mol. The van der Waals surface area contributed by atoms with E-state index in [1.54, 1.807) is 0 Å². The summed E-state index contributed by atoms with van der Waals surface area (Å²) in [5, 5.41) is 4.42. The van der Waals surface area contributed by atoms with Crippen LogP contribution < -0.4 is 10.2 Å². The van der Waals surface area contributed by atoms with Crippen LogP contribution >= 0.6 is 35.6 Å². The Labute approximate surface area is 186 Å². The molecule has 5 nitrogen and oxygen atoms in total. The molecule has 0 saturated carbocycles. The maximum atomic E-state index is 6.19. The van der Waals surface area contributed by atoms with Gasteiger partial charge in [0.05, 0.1) is 0 Å². The lowest BCUT2D eigenvalue weighted by Crippen LogP contribution is -2.53. The zero-order chi connectivity index (χ0) is 18.5. The van der Waals surface area contributed by atoms with Gasteiger partial charge in [0.1, 0.15) is 0 Å². The molecule has 1 unspecified atom stereocenters. The standard InChI is InChI=1S/C20H32ClN5.HI/c1-4-24-8-7-17(15-24)14-23-20(22-3)26-11-9-25(10-12-26)19-13-18(21)6-5-16(19)2;/h5-6,13,17H,4,7-12,14-15H2,1-3H3,(H,22,23);1H. The van der Waals surface area contributed by atoms with Crippen LogP contribution in [0.4, 0.5) is 5.69 Å². The normalized spacial score (nSPS) is 21.3. The van der Waals surface area contributed by atoms with E-state index in [-0.39, 0.29) is 24.0 Å². The SMILES string of the molecule is CCN1CCC(CNC(=NC)N2CCN(c3cc(Cl)ccc3C)CC2)C1.I. The topological polar surface area (TPSA) is 34.1 Å². The molecule has 0 bridgehead atoms. The molecule has 1 atom stereocenters. The number of hydrogen-bond donors (Lipinski definition) is 1. The molecule has 3 rings (SSSR count). The number of likely N-dealkylation sites (tertiary alicyclic amines) is 1. The van der Waals surface area contributed by atoms with Crippen molar-refractivity contribution in [1.82, 2.24) is 15.1 Å². The Kier molecular flexibility index (Phi) is 8.95. The van der Waals surface area contributed by atoms with Gasteiger partial charge in [0.25, 0.3) is 0 Å². The minimum absolute atomic E-state index is 0. The monoisotopic (exact) mass is 505 g/mol. The van der Waals surface area contributed by atoms with Gasteiger partial charge in [-0.1, -0.05) is 24.6 Å². The summed E-state index contributed by atoms with van der Waals surface area (Å²) in [5.41, 5.74) is 2.54. The Morgan fingerprint density at radius 2 is 1.96 bits per heavy atom. The second-order valence-corrected chi connectivity index (χ2v) is 7.82. The van der Waals surface area contributed by atoms with Crippen LogP contribution in [-0.4, -0.2) is 75.2 Å². The number of aryl methyl sites for hydroxylation is 1. The smallest absolute Gasteiger partial charge is 0.193 e. The minimum atomic E-state index is 0. The number of guanidine groups is 1. The lowest BCUT2D eigenvalue weighted by Gasteiger charge is -2.38. The number of anilines is 1. The first-order valence-corrected chi connectivity index (χ1v) is 10.2. The summed E-state index contributed by atoms with van der Waals surface area (Å²) in [4.78, 5) is 11.9. The number of aliphatic imine (C=N–C) groups is 1. The number of rotatable bonds is 4. The van der Waals surface area contributed by atoms with Crippen molar-refractivity contribution in [2.45, 2.75) is 20.3 Å². The van der Waals surface area contributed by atoms with E-state index in [0.29, 0.717) is 0 Å². The van der Waals surface area contributed by atoms with Crippen LogP contribution in [0, 0.1) is 12.8 Å². The molecule has 2 saturated heterocycles. The largest absolute Gasteiger partial charge is 0.368 e. The van der Waals surface area contributed by atoms with Crippen molar-refractivity contribution in [3.8, 4) is 0 Å². The number of piperazine rings is 1. The first-order chi connectivity index (χ1) is 12.6. The van der Waals surface area contributed by atoms with Gasteiger partial charge in [0.15, 0.2) is 5.96 Å². The quantitative estimate of drug-likeness (QED) is 0.387. The van der Waals surface area contributed by atoms with E-state index in [1.165, 1.54) is 30.8 Å². The molecule has 0 aliphatic carbocycles. The van der Waals surface area contributed by atoms with Crippen LogP contribution in [0.3, 0.4) is 0 Å². The maximum absolute atomic E-state index is 6.19. The Hall–Kier alpha value is -0.730. The van der Waals surface area contributed by atoms with Crippen molar-refractivity contribution in [2.75, 3.05) is 64.3 Å². The van der Waals surface area contributed by atoms with E-state index in [9.17, 15) is 0 Å². The lowest BCUT2D eigenvalue weighted by molar-refractivity contribution is 0.337. The van der Waals surface area contributed by atoms with Crippen LogP contribution in [0.15, 0.2) is 23.2 Å². The molecule has 0 radical (unpaired) electrons. The molecule has 0 amide bonds. The summed E-state index contributed by atoms with van der Waals surface area (Å²) < 4.78 is 0. The van der Waals surface area contributed by atoms with Gasteiger partial charge in [-0.05, 0) is 50.0 Å². The van der Waals surface area contributed by atoms with E-state index >= 15 is 0 Å². The summed E-state index contributed by atoms with van der Waals surface area (Å²) in [5.74, 6) is 1.78. The maximum Gasteiger partial charge on any atom is 0.193 e. The van der Waals surface area contributed by atoms with Crippen molar-refractivity contribution in [1.29, 1.82) is 0 Å². The molecule has 1 N–H and O–H groups in total. The second kappa shape index (κ2) is 10.7. The third-order valence-corrected chi connectivity index (χ3v) is 5.90.